The first-order valence-corrected chi connectivity index (χ1v) is 11.4. The number of piperidine rings is 2. The molecular formula is C25H34N4O. The molecule has 1 atom stereocenters. The predicted molar refractivity (Wildman–Crippen MR) is 120 cm³/mol. The van der Waals surface area contributed by atoms with Crippen LogP contribution in [0.2, 0.25) is 0 Å². The lowest BCUT2D eigenvalue weighted by Gasteiger charge is -2.42. The Morgan fingerprint density at radius 1 is 0.967 bits per heavy atom. The van der Waals surface area contributed by atoms with Gasteiger partial charge in [-0.3, -0.25) is 19.6 Å². The number of carbonyl (C=O) groups is 1. The minimum absolute atomic E-state index is 0.138. The molecule has 4 rings (SSSR count). The molecule has 3 heterocycles. The van der Waals surface area contributed by atoms with Gasteiger partial charge in [-0.15, -0.1) is 0 Å². The van der Waals surface area contributed by atoms with E-state index in [-0.39, 0.29) is 11.8 Å². The van der Waals surface area contributed by atoms with Gasteiger partial charge in [-0.2, -0.15) is 0 Å². The SMILES string of the molecule is O=C(NCCc1ccncc1)[C@@H]1CCCN(C2CCN(Cc3ccccc3)CC2)C1. The number of rotatable bonds is 7. The molecule has 0 unspecified atom stereocenters. The molecule has 2 saturated heterocycles. The zero-order valence-corrected chi connectivity index (χ0v) is 17.9. The van der Waals surface area contributed by atoms with Crippen LogP contribution in [-0.2, 0) is 17.8 Å². The Balaban J connectivity index is 1.20. The number of nitrogens with one attached hydrogen (secondary N) is 1. The van der Waals surface area contributed by atoms with E-state index in [4.69, 9.17) is 0 Å². The standard InChI is InChI=1S/C25H34N4O/c30-25(27-15-10-21-8-13-26-14-9-21)23-7-4-16-29(20-23)24-11-17-28(18-12-24)19-22-5-2-1-3-6-22/h1-3,5-6,8-9,13-14,23-24H,4,7,10-12,15-20H2,(H,27,30)/t23-/m1/s1. The van der Waals surface area contributed by atoms with Crippen LogP contribution in [0.4, 0.5) is 0 Å². The van der Waals surface area contributed by atoms with E-state index < -0.39 is 0 Å². The lowest BCUT2D eigenvalue weighted by molar-refractivity contribution is -0.127. The van der Waals surface area contributed by atoms with Crippen LogP contribution in [0.5, 0.6) is 0 Å². The first-order valence-electron chi connectivity index (χ1n) is 11.4. The summed E-state index contributed by atoms with van der Waals surface area (Å²) in [6.45, 7) is 6.12. The molecule has 1 aromatic carbocycles. The molecule has 0 aliphatic carbocycles. The third kappa shape index (κ3) is 5.89. The number of benzene rings is 1. The lowest BCUT2D eigenvalue weighted by Crippen LogP contribution is -2.50. The van der Waals surface area contributed by atoms with Crippen LogP contribution in [0.1, 0.15) is 36.8 Å². The second-order valence-electron chi connectivity index (χ2n) is 8.72. The monoisotopic (exact) mass is 406 g/mol. The summed E-state index contributed by atoms with van der Waals surface area (Å²) in [5.74, 6) is 0.369. The van der Waals surface area contributed by atoms with Crippen LogP contribution >= 0.6 is 0 Å². The molecule has 1 N–H and O–H groups in total. The number of pyridine rings is 1. The molecule has 0 radical (unpaired) electrons. The summed E-state index contributed by atoms with van der Waals surface area (Å²) in [6, 6.07) is 15.4. The normalized spacial score (nSPS) is 21.4. The van der Waals surface area contributed by atoms with E-state index in [0.717, 1.165) is 52.0 Å². The Bertz CT molecular complexity index is 774. The van der Waals surface area contributed by atoms with Gasteiger partial charge in [-0.1, -0.05) is 30.3 Å². The van der Waals surface area contributed by atoms with Crippen molar-refractivity contribution in [2.45, 2.75) is 44.7 Å². The smallest absolute Gasteiger partial charge is 0.224 e. The molecule has 2 fully saturated rings. The largest absolute Gasteiger partial charge is 0.355 e. The van der Waals surface area contributed by atoms with Crippen molar-refractivity contribution in [3.63, 3.8) is 0 Å². The van der Waals surface area contributed by atoms with Gasteiger partial charge in [0, 0.05) is 38.1 Å². The zero-order chi connectivity index (χ0) is 20.6. The maximum absolute atomic E-state index is 12.7. The number of likely N-dealkylation sites (tertiary alicyclic amines) is 2. The van der Waals surface area contributed by atoms with Crippen molar-refractivity contribution < 1.29 is 4.79 Å². The van der Waals surface area contributed by atoms with Gasteiger partial charge in [0.15, 0.2) is 0 Å². The van der Waals surface area contributed by atoms with Crippen molar-refractivity contribution >= 4 is 5.91 Å². The predicted octanol–water partition coefficient (Wildman–Crippen LogP) is 3.12. The number of hydrogen-bond acceptors (Lipinski definition) is 4. The fourth-order valence-electron chi connectivity index (χ4n) is 4.86. The number of aromatic nitrogens is 1. The molecule has 0 bridgehead atoms. The molecule has 160 valence electrons. The third-order valence-corrected chi connectivity index (χ3v) is 6.61. The fourth-order valence-corrected chi connectivity index (χ4v) is 4.86. The van der Waals surface area contributed by atoms with E-state index in [1.807, 2.05) is 12.1 Å². The van der Waals surface area contributed by atoms with Gasteiger partial charge in [0.05, 0.1) is 5.92 Å². The Labute approximate surface area is 180 Å². The zero-order valence-electron chi connectivity index (χ0n) is 17.9. The summed E-state index contributed by atoms with van der Waals surface area (Å²) in [7, 11) is 0. The number of amides is 1. The van der Waals surface area contributed by atoms with Gasteiger partial charge in [-0.25, -0.2) is 0 Å². The molecule has 5 nitrogen and oxygen atoms in total. The van der Waals surface area contributed by atoms with Crippen LogP contribution in [-0.4, -0.2) is 59.5 Å². The average Bonchev–Trinajstić information content (AvgIpc) is 2.81. The van der Waals surface area contributed by atoms with E-state index in [0.29, 0.717) is 12.6 Å². The molecule has 0 spiro atoms. The first kappa shape index (κ1) is 21.0. The molecule has 2 aliphatic rings. The van der Waals surface area contributed by atoms with Gasteiger partial charge < -0.3 is 5.32 Å². The summed E-state index contributed by atoms with van der Waals surface area (Å²) in [5.41, 5.74) is 2.62. The highest BCUT2D eigenvalue weighted by molar-refractivity contribution is 5.79. The topological polar surface area (TPSA) is 48.5 Å². The molecule has 30 heavy (non-hydrogen) atoms. The van der Waals surface area contributed by atoms with Gasteiger partial charge in [0.2, 0.25) is 5.91 Å². The molecular weight excluding hydrogens is 372 g/mol. The van der Waals surface area contributed by atoms with Crippen LogP contribution in [0.25, 0.3) is 0 Å². The van der Waals surface area contributed by atoms with E-state index in [2.05, 4.69) is 50.4 Å². The van der Waals surface area contributed by atoms with Crippen molar-refractivity contribution in [1.29, 1.82) is 0 Å². The summed E-state index contributed by atoms with van der Waals surface area (Å²) in [4.78, 5) is 21.9. The highest BCUT2D eigenvalue weighted by Crippen LogP contribution is 2.24. The third-order valence-electron chi connectivity index (χ3n) is 6.61. The number of carbonyl (C=O) groups excluding carboxylic acids is 1. The van der Waals surface area contributed by atoms with Crippen molar-refractivity contribution in [2.24, 2.45) is 5.92 Å². The highest BCUT2D eigenvalue weighted by atomic mass is 16.1. The van der Waals surface area contributed by atoms with E-state index in [9.17, 15) is 4.79 Å². The van der Waals surface area contributed by atoms with Crippen molar-refractivity contribution in [1.82, 2.24) is 20.1 Å². The van der Waals surface area contributed by atoms with Crippen LogP contribution in [0.3, 0.4) is 0 Å². The summed E-state index contributed by atoms with van der Waals surface area (Å²) < 4.78 is 0. The van der Waals surface area contributed by atoms with Gasteiger partial charge >= 0.3 is 0 Å². The van der Waals surface area contributed by atoms with Crippen molar-refractivity contribution in [3.05, 3.63) is 66.0 Å². The first-order chi connectivity index (χ1) is 14.8. The van der Waals surface area contributed by atoms with Gasteiger partial charge in [-0.05, 0) is 75.0 Å². The number of hydrogen-bond donors (Lipinski definition) is 1. The maximum atomic E-state index is 12.7. The van der Waals surface area contributed by atoms with Gasteiger partial charge in [0.25, 0.3) is 0 Å². The maximum Gasteiger partial charge on any atom is 0.224 e. The quantitative estimate of drug-likeness (QED) is 0.768. The number of nitrogens with zero attached hydrogens (tertiary/aromatic N) is 3. The Hall–Kier alpha value is -2.24. The van der Waals surface area contributed by atoms with Crippen molar-refractivity contribution in [2.75, 3.05) is 32.7 Å². The molecule has 2 aromatic rings. The van der Waals surface area contributed by atoms with E-state index in [1.165, 1.54) is 24.0 Å². The molecule has 2 aliphatic heterocycles. The van der Waals surface area contributed by atoms with Crippen LogP contribution in [0.15, 0.2) is 54.9 Å². The molecule has 0 saturated carbocycles. The lowest BCUT2D eigenvalue weighted by atomic mass is 9.93. The summed E-state index contributed by atoms with van der Waals surface area (Å²) >= 11 is 0. The average molecular weight is 407 g/mol. The summed E-state index contributed by atoms with van der Waals surface area (Å²) in [6.07, 6.45) is 9.05. The Kier molecular flexibility index (Phi) is 7.49. The van der Waals surface area contributed by atoms with Crippen LogP contribution < -0.4 is 5.32 Å². The van der Waals surface area contributed by atoms with Crippen LogP contribution in [0, 0.1) is 5.92 Å². The van der Waals surface area contributed by atoms with Crippen molar-refractivity contribution in [3.8, 4) is 0 Å². The molecule has 1 amide bonds. The molecule has 1 aromatic heterocycles. The second-order valence-corrected chi connectivity index (χ2v) is 8.72. The Morgan fingerprint density at radius 3 is 2.50 bits per heavy atom. The highest BCUT2D eigenvalue weighted by Gasteiger charge is 2.31. The minimum atomic E-state index is 0.138. The van der Waals surface area contributed by atoms with Gasteiger partial charge in [0.1, 0.15) is 0 Å². The second kappa shape index (κ2) is 10.7. The Morgan fingerprint density at radius 2 is 1.73 bits per heavy atom. The minimum Gasteiger partial charge on any atom is -0.355 e. The summed E-state index contributed by atoms with van der Waals surface area (Å²) in [5, 5.41) is 3.16. The molecule has 5 heteroatoms. The van der Waals surface area contributed by atoms with E-state index in [1.54, 1.807) is 12.4 Å². The fraction of sp³-hybridized carbons (Fsp3) is 0.520. The van der Waals surface area contributed by atoms with E-state index >= 15 is 0 Å².